The summed E-state index contributed by atoms with van der Waals surface area (Å²) in [5.41, 5.74) is 1.94. The van der Waals surface area contributed by atoms with E-state index in [9.17, 15) is 14.7 Å². The second kappa shape index (κ2) is 7.24. The maximum atomic E-state index is 12.4. The van der Waals surface area contributed by atoms with E-state index in [1.54, 1.807) is 0 Å². The summed E-state index contributed by atoms with van der Waals surface area (Å²) in [6.07, 6.45) is 1.10. The van der Waals surface area contributed by atoms with Crippen LogP contribution in [-0.2, 0) is 27.3 Å². The van der Waals surface area contributed by atoms with Crippen molar-refractivity contribution < 1.29 is 19.4 Å². The Morgan fingerprint density at radius 1 is 1.50 bits per heavy atom. The highest BCUT2D eigenvalue weighted by Gasteiger charge is 2.35. The molecule has 1 aliphatic rings. The topological polar surface area (TPSA) is 66.8 Å². The van der Waals surface area contributed by atoms with Crippen LogP contribution < -0.4 is 0 Å². The van der Waals surface area contributed by atoms with E-state index in [0.29, 0.717) is 13.0 Å². The van der Waals surface area contributed by atoms with Crippen LogP contribution >= 0.6 is 15.9 Å². The summed E-state index contributed by atoms with van der Waals surface area (Å²) in [7, 11) is 0. The number of benzene rings is 1. The number of carbonyl (C=O) groups is 2. The van der Waals surface area contributed by atoms with Crippen LogP contribution in [0.15, 0.2) is 22.7 Å². The molecule has 2 rings (SSSR count). The molecule has 22 heavy (non-hydrogen) atoms. The van der Waals surface area contributed by atoms with E-state index >= 15 is 0 Å². The summed E-state index contributed by atoms with van der Waals surface area (Å²) < 4.78 is 6.34. The van der Waals surface area contributed by atoms with Crippen LogP contribution in [0.4, 0.5) is 0 Å². The molecular weight excluding hydrogens is 350 g/mol. The third-order valence-electron chi connectivity index (χ3n) is 4.00. The van der Waals surface area contributed by atoms with Crippen molar-refractivity contribution in [2.45, 2.75) is 45.4 Å². The Hall–Kier alpha value is -1.40. The van der Waals surface area contributed by atoms with Gasteiger partial charge in [0, 0.05) is 17.4 Å². The number of hydrogen-bond donors (Lipinski definition) is 1. The van der Waals surface area contributed by atoms with Gasteiger partial charge in [0.1, 0.15) is 12.6 Å². The van der Waals surface area contributed by atoms with Gasteiger partial charge in [-0.25, -0.2) is 4.79 Å². The maximum Gasteiger partial charge on any atom is 0.326 e. The normalized spacial score (nSPS) is 18.7. The summed E-state index contributed by atoms with van der Waals surface area (Å²) >= 11 is 3.45. The zero-order valence-corrected chi connectivity index (χ0v) is 14.3. The highest BCUT2D eigenvalue weighted by atomic mass is 79.9. The van der Waals surface area contributed by atoms with Gasteiger partial charge in [0.25, 0.3) is 0 Å². The lowest BCUT2D eigenvalue weighted by Crippen LogP contribution is -2.50. The Morgan fingerprint density at radius 3 is 2.86 bits per heavy atom. The van der Waals surface area contributed by atoms with Crippen LogP contribution in [-0.4, -0.2) is 40.6 Å². The third-order valence-corrected chi connectivity index (χ3v) is 4.74. The van der Waals surface area contributed by atoms with Crippen LogP contribution in [0.5, 0.6) is 0 Å². The molecule has 0 radical (unpaired) electrons. The molecule has 1 aliphatic heterocycles. The monoisotopic (exact) mass is 369 g/mol. The number of fused-ring (bicyclic) bond motifs is 1. The Labute approximate surface area is 138 Å². The number of aliphatic carboxylic acids is 1. The minimum atomic E-state index is -0.988. The standard InChI is InChI=1S/C16H20BrNO4/c1-3-10(2)22-9-15(19)18-8-11-5-4-6-13(17)12(11)7-14(18)16(20)21/h4-6,10,14H,3,7-9H2,1-2H3,(H,20,21). The molecule has 5 nitrogen and oxygen atoms in total. The van der Waals surface area contributed by atoms with Crippen molar-refractivity contribution in [3.63, 3.8) is 0 Å². The van der Waals surface area contributed by atoms with E-state index in [2.05, 4.69) is 15.9 Å². The van der Waals surface area contributed by atoms with Crippen molar-refractivity contribution in [2.24, 2.45) is 0 Å². The van der Waals surface area contributed by atoms with E-state index in [-0.39, 0.29) is 18.6 Å². The first kappa shape index (κ1) is 17.0. The molecule has 1 aromatic carbocycles. The van der Waals surface area contributed by atoms with Crippen molar-refractivity contribution in [3.8, 4) is 0 Å². The fourth-order valence-corrected chi connectivity index (χ4v) is 3.04. The lowest BCUT2D eigenvalue weighted by molar-refractivity contribution is -0.154. The molecule has 0 bridgehead atoms. The Kier molecular flexibility index (Phi) is 5.58. The molecule has 0 saturated carbocycles. The van der Waals surface area contributed by atoms with Gasteiger partial charge in [-0.1, -0.05) is 35.0 Å². The number of hydrogen-bond acceptors (Lipinski definition) is 3. The number of ether oxygens (including phenoxy) is 1. The number of amides is 1. The SMILES string of the molecule is CCC(C)OCC(=O)N1Cc2cccc(Br)c2CC1C(=O)O. The number of nitrogens with zero attached hydrogens (tertiary/aromatic N) is 1. The average Bonchev–Trinajstić information content (AvgIpc) is 2.51. The van der Waals surface area contributed by atoms with Gasteiger partial charge >= 0.3 is 5.97 Å². The van der Waals surface area contributed by atoms with Crippen LogP contribution in [0.1, 0.15) is 31.4 Å². The van der Waals surface area contributed by atoms with E-state index < -0.39 is 12.0 Å². The van der Waals surface area contributed by atoms with Gasteiger partial charge in [-0.2, -0.15) is 0 Å². The van der Waals surface area contributed by atoms with Crippen LogP contribution in [0.3, 0.4) is 0 Å². The number of rotatable bonds is 5. The van der Waals surface area contributed by atoms with Gasteiger partial charge < -0.3 is 14.7 Å². The summed E-state index contributed by atoms with van der Waals surface area (Å²) in [6.45, 7) is 4.09. The number of carbonyl (C=O) groups excluding carboxylic acids is 1. The van der Waals surface area contributed by atoms with E-state index in [4.69, 9.17) is 4.74 Å². The minimum Gasteiger partial charge on any atom is -0.480 e. The second-order valence-electron chi connectivity index (χ2n) is 5.49. The Balaban J connectivity index is 2.19. The predicted octanol–water partition coefficient (Wildman–Crippen LogP) is 2.60. The third kappa shape index (κ3) is 3.67. The molecule has 120 valence electrons. The molecule has 2 unspecified atom stereocenters. The second-order valence-corrected chi connectivity index (χ2v) is 6.34. The van der Waals surface area contributed by atoms with Crippen LogP contribution in [0.2, 0.25) is 0 Å². The lowest BCUT2D eigenvalue weighted by Gasteiger charge is -2.35. The van der Waals surface area contributed by atoms with E-state index in [1.165, 1.54) is 4.90 Å². The number of halogens is 1. The smallest absolute Gasteiger partial charge is 0.326 e. The Bertz CT molecular complexity index is 575. The number of carboxylic acid groups (broad SMARTS) is 1. The van der Waals surface area contributed by atoms with Crippen molar-refractivity contribution >= 4 is 27.8 Å². The van der Waals surface area contributed by atoms with Gasteiger partial charge in [-0.05, 0) is 30.5 Å². The summed E-state index contributed by atoms with van der Waals surface area (Å²) in [5, 5.41) is 9.45. The van der Waals surface area contributed by atoms with Crippen molar-refractivity contribution in [1.82, 2.24) is 4.90 Å². The van der Waals surface area contributed by atoms with Gasteiger partial charge in [0.2, 0.25) is 5.91 Å². The van der Waals surface area contributed by atoms with Crippen molar-refractivity contribution in [2.75, 3.05) is 6.61 Å². The molecule has 0 aromatic heterocycles. The lowest BCUT2D eigenvalue weighted by atomic mass is 9.94. The van der Waals surface area contributed by atoms with Crippen molar-refractivity contribution in [1.29, 1.82) is 0 Å². The predicted molar refractivity (Wildman–Crippen MR) is 85.5 cm³/mol. The molecule has 0 fully saturated rings. The highest BCUT2D eigenvalue weighted by Crippen LogP contribution is 2.29. The van der Waals surface area contributed by atoms with Gasteiger partial charge in [-0.15, -0.1) is 0 Å². The molecule has 1 N–H and O–H groups in total. The summed E-state index contributed by atoms with van der Waals surface area (Å²) in [4.78, 5) is 25.3. The van der Waals surface area contributed by atoms with E-state index in [0.717, 1.165) is 22.0 Å². The maximum absolute atomic E-state index is 12.4. The minimum absolute atomic E-state index is 0.0153. The summed E-state index contributed by atoms with van der Waals surface area (Å²) in [6, 6.07) is 4.86. The summed E-state index contributed by atoms with van der Waals surface area (Å²) in [5.74, 6) is -1.27. The van der Waals surface area contributed by atoms with E-state index in [1.807, 2.05) is 32.0 Å². The quantitative estimate of drug-likeness (QED) is 0.865. The van der Waals surface area contributed by atoms with Crippen molar-refractivity contribution in [3.05, 3.63) is 33.8 Å². The first-order valence-electron chi connectivity index (χ1n) is 7.34. The molecule has 0 spiro atoms. The number of carboxylic acids is 1. The average molecular weight is 370 g/mol. The molecule has 1 amide bonds. The molecule has 2 atom stereocenters. The van der Waals surface area contributed by atoms with Crippen LogP contribution in [0, 0.1) is 0 Å². The molecule has 6 heteroatoms. The zero-order chi connectivity index (χ0) is 16.3. The first-order chi connectivity index (χ1) is 10.4. The largest absolute Gasteiger partial charge is 0.480 e. The first-order valence-corrected chi connectivity index (χ1v) is 8.13. The van der Waals surface area contributed by atoms with Gasteiger partial charge in [0.15, 0.2) is 0 Å². The molecule has 0 aliphatic carbocycles. The van der Waals surface area contributed by atoms with Crippen LogP contribution in [0.25, 0.3) is 0 Å². The Morgan fingerprint density at radius 2 is 2.23 bits per heavy atom. The molecule has 1 aromatic rings. The fourth-order valence-electron chi connectivity index (χ4n) is 2.47. The zero-order valence-electron chi connectivity index (χ0n) is 12.7. The van der Waals surface area contributed by atoms with Gasteiger partial charge in [0.05, 0.1) is 6.10 Å². The highest BCUT2D eigenvalue weighted by molar-refractivity contribution is 9.10. The molecule has 1 heterocycles. The molecule has 0 saturated heterocycles. The van der Waals surface area contributed by atoms with Gasteiger partial charge in [-0.3, -0.25) is 4.79 Å². The fraction of sp³-hybridized carbons (Fsp3) is 0.500. The molecular formula is C16H20BrNO4.